The van der Waals surface area contributed by atoms with E-state index < -0.39 is 0 Å². The van der Waals surface area contributed by atoms with Gasteiger partial charge in [0.25, 0.3) is 0 Å². The number of rotatable bonds is 6. The van der Waals surface area contributed by atoms with Gasteiger partial charge < -0.3 is 14.8 Å². The SMILES string of the molecule is CC(CO)CNCc1ccc(-c2cccc(Cl)c2Cl)o1. The number of aliphatic hydroxyl groups is 1. The molecule has 0 saturated heterocycles. The maximum Gasteiger partial charge on any atom is 0.135 e. The molecule has 1 aromatic carbocycles. The van der Waals surface area contributed by atoms with Crippen molar-refractivity contribution in [1.82, 2.24) is 5.32 Å². The van der Waals surface area contributed by atoms with Crippen molar-refractivity contribution in [3.63, 3.8) is 0 Å². The average Bonchev–Trinajstić information content (AvgIpc) is 2.90. The Morgan fingerprint density at radius 1 is 1.25 bits per heavy atom. The molecule has 2 N–H and O–H groups in total. The number of hydrogen-bond acceptors (Lipinski definition) is 3. The molecule has 1 heterocycles. The van der Waals surface area contributed by atoms with Crippen molar-refractivity contribution in [2.45, 2.75) is 13.5 Å². The Morgan fingerprint density at radius 2 is 2.05 bits per heavy atom. The molecule has 0 saturated carbocycles. The van der Waals surface area contributed by atoms with E-state index in [0.717, 1.165) is 17.9 Å². The molecule has 108 valence electrons. The molecule has 0 bridgehead atoms. The van der Waals surface area contributed by atoms with E-state index in [4.69, 9.17) is 32.7 Å². The highest BCUT2D eigenvalue weighted by molar-refractivity contribution is 6.43. The average molecular weight is 314 g/mol. The van der Waals surface area contributed by atoms with E-state index in [9.17, 15) is 0 Å². The van der Waals surface area contributed by atoms with Crippen LogP contribution in [0.3, 0.4) is 0 Å². The van der Waals surface area contributed by atoms with Gasteiger partial charge in [-0.05, 0) is 30.2 Å². The van der Waals surface area contributed by atoms with Gasteiger partial charge in [-0.15, -0.1) is 0 Å². The van der Waals surface area contributed by atoms with Gasteiger partial charge >= 0.3 is 0 Å². The number of furan rings is 1. The minimum Gasteiger partial charge on any atom is -0.460 e. The maximum absolute atomic E-state index is 8.95. The van der Waals surface area contributed by atoms with Crippen LogP contribution in [-0.2, 0) is 6.54 Å². The smallest absolute Gasteiger partial charge is 0.135 e. The van der Waals surface area contributed by atoms with E-state index >= 15 is 0 Å². The van der Waals surface area contributed by atoms with Gasteiger partial charge in [0.15, 0.2) is 0 Å². The zero-order chi connectivity index (χ0) is 14.5. The van der Waals surface area contributed by atoms with Gasteiger partial charge in [-0.2, -0.15) is 0 Å². The lowest BCUT2D eigenvalue weighted by molar-refractivity contribution is 0.233. The fourth-order valence-electron chi connectivity index (χ4n) is 1.82. The van der Waals surface area contributed by atoms with Crippen molar-refractivity contribution in [2.75, 3.05) is 13.2 Å². The van der Waals surface area contributed by atoms with Gasteiger partial charge in [-0.1, -0.05) is 36.2 Å². The molecule has 0 aliphatic rings. The van der Waals surface area contributed by atoms with Crippen LogP contribution in [0.5, 0.6) is 0 Å². The Morgan fingerprint density at radius 3 is 2.80 bits per heavy atom. The van der Waals surface area contributed by atoms with Crippen molar-refractivity contribution in [3.8, 4) is 11.3 Å². The normalized spacial score (nSPS) is 12.6. The Balaban J connectivity index is 2.03. The van der Waals surface area contributed by atoms with Crippen molar-refractivity contribution in [2.24, 2.45) is 5.92 Å². The quantitative estimate of drug-likeness (QED) is 0.848. The summed E-state index contributed by atoms with van der Waals surface area (Å²) in [5.41, 5.74) is 0.786. The van der Waals surface area contributed by atoms with E-state index in [1.807, 2.05) is 31.2 Å². The molecule has 0 aliphatic heterocycles. The van der Waals surface area contributed by atoms with Crippen LogP contribution in [0.4, 0.5) is 0 Å². The molecule has 0 amide bonds. The van der Waals surface area contributed by atoms with Crippen molar-refractivity contribution < 1.29 is 9.52 Å². The topological polar surface area (TPSA) is 45.4 Å². The lowest BCUT2D eigenvalue weighted by Crippen LogP contribution is -2.22. The van der Waals surface area contributed by atoms with Gasteiger partial charge in [-0.25, -0.2) is 0 Å². The van der Waals surface area contributed by atoms with Crippen LogP contribution >= 0.6 is 23.2 Å². The van der Waals surface area contributed by atoms with Crippen LogP contribution in [0.1, 0.15) is 12.7 Å². The summed E-state index contributed by atoms with van der Waals surface area (Å²) in [6.07, 6.45) is 0. The fraction of sp³-hybridized carbons (Fsp3) is 0.333. The van der Waals surface area contributed by atoms with E-state index in [1.54, 1.807) is 6.07 Å². The summed E-state index contributed by atoms with van der Waals surface area (Å²) in [5.74, 6) is 1.75. The lowest BCUT2D eigenvalue weighted by Gasteiger charge is -2.08. The van der Waals surface area contributed by atoms with E-state index in [2.05, 4.69) is 5.32 Å². The molecule has 1 aromatic heterocycles. The summed E-state index contributed by atoms with van der Waals surface area (Å²) in [4.78, 5) is 0. The monoisotopic (exact) mass is 313 g/mol. The Hall–Kier alpha value is -1.000. The fourth-order valence-corrected chi connectivity index (χ4v) is 2.21. The number of halogens is 2. The molecule has 0 spiro atoms. The van der Waals surface area contributed by atoms with Crippen LogP contribution < -0.4 is 5.32 Å². The first-order chi connectivity index (χ1) is 9.61. The zero-order valence-corrected chi connectivity index (χ0v) is 12.7. The van der Waals surface area contributed by atoms with Crippen molar-refractivity contribution in [1.29, 1.82) is 0 Å². The Labute approximate surface area is 128 Å². The molecular weight excluding hydrogens is 297 g/mol. The minimum atomic E-state index is 0.175. The predicted octanol–water partition coefficient (Wildman–Crippen LogP) is 3.97. The van der Waals surface area contributed by atoms with Gasteiger partial charge in [0.05, 0.1) is 16.6 Å². The van der Waals surface area contributed by atoms with Crippen molar-refractivity contribution in [3.05, 3.63) is 46.1 Å². The van der Waals surface area contributed by atoms with Crippen LogP contribution in [0.2, 0.25) is 10.0 Å². The second-order valence-corrected chi connectivity index (χ2v) is 5.57. The van der Waals surface area contributed by atoms with E-state index in [-0.39, 0.29) is 12.5 Å². The second-order valence-electron chi connectivity index (χ2n) is 4.79. The van der Waals surface area contributed by atoms with Crippen LogP contribution in [0.25, 0.3) is 11.3 Å². The summed E-state index contributed by atoms with van der Waals surface area (Å²) in [5, 5.41) is 13.2. The van der Waals surface area contributed by atoms with Crippen LogP contribution in [0, 0.1) is 5.92 Å². The summed E-state index contributed by atoms with van der Waals surface area (Å²) in [6.45, 7) is 3.51. The van der Waals surface area contributed by atoms with Gasteiger partial charge in [0, 0.05) is 18.7 Å². The molecule has 2 aromatic rings. The number of hydrogen-bond donors (Lipinski definition) is 2. The molecule has 0 radical (unpaired) electrons. The first kappa shape index (κ1) is 15.4. The summed E-state index contributed by atoms with van der Waals surface area (Å²) in [7, 11) is 0. The van der Waals surface area contributed by atoms with Gasteiger partial charge in [0.2, 0.25) is 0 Å². The highest BCUT2D eigenvalue weighted by Gasteiger charge is 2.11. The van der Waals surface area contributed by atoms with Crippen molar-refractivity contribution >= 4 is 23.2 Å². The molecule has 3 nitrogen and oxygen atoms in total. The molecule has 5 heteroatoms. The first-order valence-electron chi connectivity index (χ1n) is 6.46. The molecule has 1 unspecified atom stereocenters. The third-order valence-corrected chi connectivity index (χ3v) is 3.80. The first-order valence-corrected chi connectivity index (χ1v) is 7.22. The number of nitrogens with one attached hydrogen (secondary N) is 1. The van der Waals surface area contributed by atoms with E-state index in [0.29, 0.717) is 22.4 Å². The lowest BCUT2D eigenvalue weighted by atomic mass is 10.2. The van der Waals surface area contributed by atoms with Gasteiger partial charge in [-0.3, -0.25) is 0 Å². The Bertz CT molecular complexity index is 569. The minimum absolute atomic E-state index is 0.175. The molecule has 2 rings (SSSR count). The van der Waals surface area contributed by atoms with Crippen LogP contribution in [-0.4, -0.2) is 18.3 Å². The standard InChI is InChI=1S/C15H17Cl2NO2/c1-10(9-19)7-18-8-11-5-6-14(20-11)12-3-2-4-13(16)15(12)17/h2-6,10,18-19H,7-9H2,1H3. The summed E-state index contributed by atoms with van der Waals surface area (Å²) in [6, 6.07) is 9.24. The third kappa shape index (κ3) is 3.76. The molecule has 1 atom stereocenters. The second kappa shape index (κ2) is 7.14. The van der Waals surface area contributed by atoms with Gasteiger partial charge in [0.1, 0.15) is 11.5 Å². The summed E-state index contributed by atoms with van der Waals surface area (Å²) < 4.78 is 5.75. The van der Waals surface area contributed by atoms with Crippen LogP contribution in [0.15, 0.2) is 34.7 Å². The number of aliphatic hydroxyl groups excluding tert-OH is 1. The highest BCUT2D eigenvalue weighted by atomic mass is 35.5. The molecular formula is C15H17Cl2NO2. The Kier molecular flexibility index (Phi) is 5.49. The van der Waals surface area contributed by atoms with E-state index in [1.165, 1.54) is 0 Å². The number of benzene rings is 1. The molecule has 0 aliphatic carbocycles. The summed E-state index contributed by atoms with van der Waals surface area (Å²) >= 11 is 12.2. The largest absolute Gasteiger partial charge is 0.460 e. The predicted molar refractivity (Wildman–Crippen MR) is 82.1 cm³/mol. The molecule has 20 heavy (non-hydrogen) atoms. The molecule has 0 fully saturated rings. The zero-order valence-electron chi connectivity index (χ0n) is 11.2. The third-order valence-electron chi connectivity index (χ3n) is 2.98. The maximum atomic E-state index is 8.95. The highest BCUT2D eigenvalue weighted by Crippen LogP contribution is 2.34.